The van der Waals surface area contributed by atoms with Gasteiger partial charge in [-0.25, -0.2) is 0 Å². The number of carbonyl (C=O) groups is 1. The average Bonchev–Trinajstić information content (AvgIpc) is 3.09. The van der Waals surface area contributed by atoms with E-state index in [1.54, 1.807) is 48.5 Å². The van der Waals surface area contributed by atoms with Gasteiger partial charge >= 0.3 is 5.97 Å². The highest BCUT2D eigenvalue weighted by atomic mass is 16.7. The zero-order valence-corrected chi connectivity index (χ0v) is 36.0. The Labute approximate surface area is 329 Å². The van der Waals surface area contributed by atoms with Gasteiger partial charge in [0.1, 0.15) is 23.9 Å². The van der Waals surface area contributed by atoms with Crippen LogP contribution in [0.1, 0.15) is 108 Å². The quantitative estimate of drug-likeness (QED) is 0.130. The van der Waals surface area contributed by atoms with Gasteiger partial charge in [0.15, 0.2) is 18.7 Å². The van der Waals surface area contributed by atoms with Gasteiger partial charge in [0.2, 0.25) is 0 Å². The number of likely N-dealkylation sites (N-methyl/N-ethyl adjacent to an activating group) is 1. The number of cyclic esters (lactones) is 1. The molecule has 15 nitrogen and oxygen atoms in total. The Bertz CT molecular complexity index is 1220. The number of ether oxygens (including phenoxy) is 6. The molecule has 324 valence electrons. The van der Waals surface area contributed by atoms with Gasteiger partial charge < -0.3 is 68.7 Å². The molecular formula is C40H76N2O13. The second-order valence-electron chi connectivity index (χ2n) is 18.2. The number of carbonyl (C=O) groups excluding carboxylic acids is 1. The Kier molecular flexibility index (Phi) is 16.6. The maximum Gasteiger partial charge on any atom is 0.311 e. The SMILES string of the molecule is CCCN1C[C@H](C)[C@@H](O)[C@](C)(O)[C@@H](CC)OC(=O)[C@H](C)[C@@H](O[C@H]2C[C@@](C)(OC)[C@@H](O)[C@H](C)O2)[C@H](C)[C@@H](O[C@@H]2O[C@H](C)C[C@H]([N+](C)(C)[O-])[C@H]2O)[C@](C)(O)C[C@H]1C. The predicted molar refractivity (Wildman–Crippen MR) is 205 cm³/mol. The summed E-state index contributed by atoms with van der Waals surface area (Å²) < 4.78 is 36.7. The van der Waals surface area contributed by atoms with Gasteiger partial charge in [-0.2, -0.15) is 0 Å². The number of quaternary nitrogens is 1. The largest absolute Gasteiger partial charge is 0.633 e. The Balaban J connectivity index is 2.23. The Morgan fingerprint density at radius 3 is 2.11 bits per heavy atom. The van der Waals surface area contributed by atoms with Gasteiger partial charge in [-0.15, -0.1) is 0 Å². The second kappa shape index (κ2) is 18.9. The van der Waals surface area contributed by atoms with Crippen LogP contribution < -0.4 is 0 Å². The lowest BCUT2D eigenvalue weighted by Gasteiger charge is -2.51. The third-order valence-corrected chi connectivity index (χ3v) is 12.7. The number of hydrogen-bond donors (Lipinski definition) is 5. The summed E-state index contributed by atoms with van der Waals surface area (Å²) in [5, 5.41) is 71.9. The topological polar surface area (TPSA) is 200 Å². The lowest BCUT2D eigenvalue weighted by Crippen LogP contribution is -2.63. The fourth-order valence-electron chi connectivity index (χ4n) is 9.24. The normalized spacial score (nSPS) is 47.8. The van der Waals surface area contributed by atoms with Crippen LogP contribution in [-0.4, -0.2) is 166 Å². The number of rotatable bonds is 9. The lowest BCUT2D eigenvalue weighted by atomic mass is 9.78. The van der Waals surface area contributed by atoms with Crippen molar-refractivity contribution in [3.05, 3.63) is 5.21 Å². The number of esters is 1. The molecule has 3 aliphatic heterocycles. The van der Waals surface area contributed by atoms with Crippen molar-refractivity contribution in [2.24, 2.45) is 17.8 Å². The van der Waals surface area contributed by atoms with Crippen LogP contribution >= 0.6 is 0 Å². The van der Waals surface area contributed by atoms with Crippen LogP contribution in [0.15, 0.2) is 0 Å². The van der Waals surface area contributed by atoms with Crippen LogP contribution in [0.25, 0.3) is 0 Å². The van der Waals surface area contributed by atoms with Crippen LogP contribution in [-0.2, 0) is 33.2 Å². The molecule has 0 aromatic heterocycles. The molecule has 0 radical (unpaired) electrons. The first-order chi connectivity index (χ1) is 25.2. The first-order valence-corrected chi connectivity index (χ1v) is 20.4. The highest BCUT2D eigenvalue weighted by Gasteiger charge is 2.53. The monoisotopic (exact) mass is 793 g/mol. The second-order valence-corrected chi connectivity index (χ2v) is 18.2. The fourth-order valence-corrected chi connectivity index (χ4v) is 9.24. The molecule has 18 atom stereocenters. The molecule has 0 spiro atoms. The summed E-state index contributed by atoms with van der Waals surface area (Å²) in [6.45, 7) is 20.4. The third-order valence-electron chi connectivity index (χ3n) is 12.7. The molecule has 0 aliphatic carbocycles. The van der Waals surface area contributed by atoms with Crippen molar-refractivity contribution in [1.29, 1.82) is 0 Å². The summed E-state index contributed by atoms with van der Waals surface area (Å²) in [4.78, 5) is 16.4. The van der Waals surface area contributed by atoms with E-state index in [4.69, 9.17) is 28.4 Å². The summed E-state index contributed by atoms with van der Waals surface area (Å²) in [6.07, 6.45) is -8.82. The Morgan fingerprint density at radius 1 is 0.945 bits per heavy atom. The zero-order chi connectivity index (χ0) is 42.0. The van der Waals surface area contributed by atoms with Gasteiger partial charge in [0.05, 0.1) is 61.7 Å². The van der Waals surface area contributed by atoms with E-state index in [9.17, 15) is 35.5 Å². The van der Waals surface area contributed by atoms with Crippen molar-refractivity contribution in [2.75, 3.05) is 34.3 Å². The number of aliphatic hydroxyl groups is 5. The minimum absolute atomic E-state index is 0.0987. The first-order valence-electron chi connectivity index (χ1n) is 20.4. The van der Waals surface area contributed by atoms with E-state index in [0.717, 1.165) is 6.42 Å². The van der Waals surface area contributed by atoms with E-state index < -0.39 is 113 Å². The number of methoxy groups -OCH3 is 1. The van der Waals surface area contributed by atoms with E-state index in [1.165, 1.54) is 28.1 Å². The van der Waals surface area contributed by atoms with Crippen molar-refractivity contribution in [3.63, 3.8) is 0 Å². The molecule has 3 aliphatic rings. The van der Waals surface area contributed by atoms with Gasteiger partial charge in [-0.3, -0.25) is 4.79 Å². The molecule has 5 N–H and O–H groups in total. The summed E-state index contributed by atoms with van der Waals surface area (Å²) >= 11 is 0. The van der Waals surface area contributed by atoms with Crippen LogP contribution in [0, 0.1) is 23.0 Å². The molecule has 0 saturated carbocycles. The molecule has 3 fully saturated rings. The minimum Gasteiger partial charge on any atom is -0.633 e. The Hall–Kier alpha value is -1.05. The third kappa shape index (κ3) is 11.2. The average molecular weight is 793 g/mol. The number of hydroxylamine groups is 3. The summed E-state index contributed by atoms with van der Waals surface area (Å²) in [6, 6.07) is -1.06. The maximum absolute atomic E-state index is 14.3. The molecule has 15 heteroatoms. The van der Waals surface area contributed by atoms with Crippen molar-refractivity contribution in [1.82, 2.24) is 4.90 Å². The summed E-state index contributed by atoms with van der Waals surface area (Å²) in [5.74, 6) is -3.07. The standard InChI is InChI=1S/C40H76N2O13/c1-15-17-41-21-22(3)33(44)40(11,48)29(16-2)53-36(46)26(7)32(54-30-20-39(10,50-14)34(45)27(8)52-30)25(6)35(38(9,47)19-23(41)4)55-37-31(43)28(42(12,13)49)18-24(5)51-37/h22-35,37,43-45,47-48H,15-21H2,1-14H3/t22-,23+,24+,25-,26+,27-,28-,29+,30-,31+,32-,33+,34-,35+,37-,38+,39+,40+/m0/s1. The van der Waals surface area contributed by atoms with Crippen LogP contribution in [0.3, 0.4) is 0 Å². The highest BCUT2D eigenvalue weighted by Crippen LogP contribution is 2.40. The molecule has 0 amide bonds. The van der Waals surface area contributed by atoms with E-state index in [1.807, 2.05) is 20.8 Å². The zero-order valence-electron chi connectivity index (χ0n) is 36.0. The van der Waals surface area contributed by atoms with Crippen LogP contribution in [0.4, 0.5) is 0 Å². The van der Waals surface area contributed by atoms with E-state index >= 15 is 0 Å². The number of aliphatic hydroxyl groups excluding tert-OH is 3. The molecule has 3 heterocycles. The predicted octanol–water partition coefficient (Wildman–Crippen LogP) is 2.69. The molecule has 0 unspecified atom stereocenters. The molecule has 0 bridgehead atoms. The fraction of sp³-hybridized carbons (Fsp3) is 0.975. The number of hydrogen-bond acceptors (Lipinski definition) is 14. The van der Waals surface area contributed by atoms with Gasteiger partial charge in [0, 0.05) is 38.5 Å². The van der Waals surface area contributed by atoms with Crippen molar-refractivity contribution in [3.8, 4) is 0 Å². The molecule has 55 heavy (non-hydrogen) atoms. The smallest absolute Gasteiger partial charge is 0.311 e. The molecule has 0 aromatic carbocycles. The first kappa shape index (κ1) is 48.3. The van der Waals surface area contributed by atoms with Gasteiger partial charge in [-0.05, 0) is 80.2 Å². The van der Waals surface area contributed by atoms with E-state index in [2.05, 4.69) is 4.90 Å². The summed E-state index contributed by atoms with van der Waals surface area (Å²) in [7, 11) is 4.41. The maximum atomic E-state index is 14.3. The molecular weight excluding hydrogens is 716 g/mol. The van der Waals surface area contributed by atoms with Crippen LogP contribution in [0.2, 0.25) is 0 Å². The molecule has 3 saturated heterocycles. The van der Waals surface area contributed by atoms with E-state index in [0.29, 0.717) is 19.5 Å². The summed E-state index contributed by atoms with van der Waals surface area (Å²) in [5.41, 5.74) is -4.52. The molecule has 0 aromatic rings. The van der Waals surface area contributed by atoms with Crippen molar-refractivity contribution < 1.29 is 63.4 Å². The van der Waals surface area contributed by atoms with E-state index in [-0.39, 0.29) is 25.3 Å². The van der Waals surface area contributed by atoms with Crippen LogP contribution in [0.5, 0.6) is 0 Å². The minimum atomic E-state index is -1.81. The van der Waals surface area contributed by atoms with Gasteiger partial charge in [0.25, 0.3) is 0 Å². The lowest BCUT2D eigenvalue weighted by molar-refractivity contribution is -0.874. The highest BCUT2D eigenvalue weighted by molar-refractivity contribution is 5.73. The number of nitrogens with zero attached hydrogens (tertiary/aromatic N) is 2. The molecule has 3 rings (SSSR count). The Morgan fingerprint density at radius 2 is 1.56 bits per heavy atom. The van der Waals surface area contributed by atoms with Crippen molar-refractivity contribution in [2.45, 2.75) is 199 Å². The van der Waals surface area contributed by atoms with Gasteiger partial charge in [-0.1, -0.05) is 27.7 Å². The van der Waals surface area contributed by atoms with Crippen molar-refractivity contribution >= 4 is 5.97 Å².